The zero-order valence-electron chi connectivity index (χ0n) is 12.8. The number of hydrogen-bond donors (Lipinski definition) is 1. The molecular formula is C17H21N3O. The molecule has 1 N–H and O–H groups in total. The zero-order chi connectivity index (χ0) is 14.8. The Kier molecular flexibility index (Phi) is 3.78. The number of aromatic nitrogens is 2. The molecule has 3 rings (SSSR count). The molecule has 21 heavy (non-hydrogen) atoms. The smallest absolute Gasteiger partial charge is 0.161 e. The molecule has 1 aliphatic rings. The minimum absolute atomic E-state index is 0.159. The fourth-order valence-corrected chi connectivity index (χ4v) is 2.29. The van der Waals surface area contributed by atoms with Gasteiger partial charge in [0.25, 0.3) is 0 Å². The van der Waals surface area contributed by atoms with Crippen molar-refractivity contribution in [2.24, 2.45) is 0 Å². The molecule has 0 bridgehead atoms. The van der Waals surface area contributed by atoms with Crippen LogP contribution in [0.1, 0.15) is 38.3 Å². The van der Waals surface area contributed by atoms with Crippen molar-refractivity contribution in [3.63, 3.8) is 0 Å². The van der Waals surface area contributed by atoms with Crippen molar-refractivity contribution in [3.05, 3.63) is 36.0 Å². The molecule has 1 fully saturated rings. The van der Waals surface area contributed by atoms with Crippen molar-refractivity contribution in [3.8, 4) is 17.1 Å². The molecule has 4 heteroatoms. The molecule has 0 atom stereocenters. The van der Waals surface area contributed by atoms with Gasteiger partial charge in [-0.05, 0) is 38.8 Å². The van der Waals surface area contributed by atoms with Crippen LogP contribution in [0.25, 0.3) is 11.4 Å². The minimum Gasteiger partial charge on any atom is -0.491 e. The average Bonchev–Trinajstić information content (AvgIpc) is 3.31. The van der Waals surface area contributed by atoms with Crippen LogP contribution < -0.4 is 10.1 Å². The second-order valence-electron chi connectivity index (χ2n) is 5.72. The van der Waals surface area contributed by atoms with Crippen LogP contribution in [0, 0.1) is 0 Å². The Hall–Kier alpha value is -2.10. The second-order valence-corrected chi connectivity index (χ2v) is 5.72. The van der Waals surface area contributed by atoms with E-state index in [0.29, 0.717) is 5.92 Å². The first-order chi connectivity index (χ1) is 10.2. The van der Waals surface area contributed by atoms with Crippen LogP contribution in [0.2, 0.25) is 0 Å². The van der Waals surface area contributed by atoms with E-state index in [-0.39, 0.29) is 6.10 Å². The van der Waals surface area contributed by atoms with Gasteiger partial charge in [-0.2, -0.15) is 0 Å². The quantitative estimate of drug-likeness (QED) is 0.905. The fraction of sp³-hybridized carbons (Fsp3) is 0.412. The second kappa shape index (κ2) is 5.72. The van der Waals surface area contributed by atoms with Crippen LogP contribution in [-0.2, 0) is 0 Å². The van der Waals surface area contributed by atoms with Crippen molar-refractivity contribution in [2.75, 3.05) is 12.4 Å². The van der Waals surface area contributed by atoms with Crippen molar-refractivity contribution >= 4 is 5.82 Å². The summed E-state index contributed by atoms with van der Waals surface area (Å²) >= 11 is 0. The maximum atomic E-state index is 5.75. The Bertz CT molecular complexity index is 636. The SMILES string of the molecule is CNc1cc(C2CC2)nc(-c2cccc(OC(C)C)c2)n1. The normalized spacial score (nSPS) is 14.3. The van der Waals surface area contributed by atoms with Gasteiger partial charge in [0.2, 0.25) is 0 Å². The summed E-state index contributed by atoms with van der Waals surface area (Å²) in [5, 5.41) is 3.12. The summed E-state index contributed by atoms with van der Waals surface area (Å²) in [6.45, 7) is 4.05. The maximum Gasteiger partial charge on any atom is 0.161 e. The Balaban J connectivity index is 1.97. The van der Waals surface area contributed by atoms with Gasteiger partial charge in [0, 0.05) is 30.3 Å². The Morgan fingerprint density at radius 2 is 2.00 bits per heavy atom. The monoisotopic (exact) mass is 283 g/mol. The highest BCUT2D eigenvalue weighted by Crippen LogP contribution is 2.40. The van der Waals surface area contributed by atoms with Crippen molar-refractivity contribution in [1.82, 2.24) is 9.97 Å². The molecule has 0 spiro atoms. The van der Waals surface area contributed by atoms with Crippen molar-refractivity contribution < 1.29 is 4.74 Å². The van der Waals surface area contributed by atoms with Crippen LogP contribution in [0.5, 0.6) is 5.75 Å². The highest BCUT2D eigenvalue weighted by atomic mass is 16.5. The number of anilines is 1. The first kappa shape index (κ1) is 13.9. The molecule has 0 aliphatic heterocycles. The van der Waals surface area contributed by atoms with Crippen LogP contribution >= 0.6 is 0 Å². The van der Waals surface area contributed by atoms with Gasteiger partial charge in [-0.15, -0.1) is 0 Å². The highest BCUT2D eigenvalue weighted by Gasteiger charge is 2.26. The van der Waals surface area contributed by atoms with Crippen molar-refractivity contribution in [1.29, 1.82) is 0 Å². The standard InChI is InChI=1S/C17H21N3O/c1-11(2)21-14-6-4-5-13(9-14)17-19-15(12-7-8-12)10-16(18-3)20-17/h4-6,9-12H,7-8H2,1-3H3,(H,18,19,20). The predicted molar refractivity (Wildman–Crippen MR) is 84.8 cm³/mol. The third-order valence-corrected chi connectivity index (χ3v) is 3.46. The lowest BCUT2D eigenvalue weighted by Gasteiger charge is -2.11. The van der Waals surface area contributed by atoms with Gasteiger partial charge < -0.3 is 10.1 Å². The summed E-state index contributed by atoms with van der Waals surface area (Å²) in [5.41, 5.74) is 2.13. The van der Waals surface area contributed by atoms with E-state index in [1.807, 2.05) is 45.2 Å². The summed E-state index contributed by atoms with van der Waals surface area (Å²) in [5.74, 6) is 3.10. The molecule has 1 saturated carbocycles. The van der Waals surface area contributed by atoms with E-state index in [4.69, 9.17) is 9.72 Å². The van der Waals surface area contributed by atoms with E-state index in [1.54, 1.807) is 0 Å². The van der Waals surface area contributed by atoms with Gasteiger partial charge in [0.05, 0.1) is 6.10 Å². The molecule has 0 saturated heterocycles. The number of hydrogen-bond acceptors (Lipinski definition) is 4. The molecule has 4 nitrogen and oxygen atoms in total. The Labute approximate surface area is 125 Å². The van der Waals surface area contributed by atoms with E-state index in [0.717, 1.165) is 28.6 Å². The van der Waals surface area contributed by atoms with E-state index in [9.17, 15) is 0 Å². The summed E-state index contributed by atoms with van der Waals surface area (Å²) in [6.07, 6.45) is 2.62. The van der Waals surface area contributed by atoms with Gasteiger partial charge >= 0.3 is 0 Å². The minimum atomic E-state index is 0.159. The topological polar surface area (TPSA) is 47.0 Å². The van der Waals surface area contributed by atoms with Crippen LogP contribution in [0.3, 0.4) is 0 Å². The molecule has 110 valence electrons. The molecule has 1 aliphatic carbocycles. The summed E-state index contributed by atoms with van der Waals surface area (Å²) < 4.78 is 5.75. The molecule has 1 aromatic heterocycles. The average molecular weight is 283 g/mol. The van der Waals surface area contributed by atoms with Crippen LogP contribution in [0.15, 0.2) is 30.3 Å². The van der Waals surface area contributed by atoms with Gasteiger partial charge in [0.15, 0.2) is 5.82 Å². The number of benzene rings is 1. The van der Waals surface area contributed by atoms with E-state index < -0.39 is 0 Å². The Morgan fingerprint density at radius 3 is 2.67 bits per heavy atom. The molecule has 0 unspecified atom stereocenters. The summed E-state index contributed by atoms with van der Waals surface area (Å²) in [7, 11) is 1.89. The highest BCUT2D eigenvalue weighted by molar-refractivity contribution is 5.60. The molecule has 1 aromatic carbocycles. The number of ether oxygens (including phenoxy) is 1. The molecule has 2 aromatic rings. The first-order valence-electron chi connectivity index (χ1n) is 7.49. The molecule has 1 heterocycles. The lowest BCUT2D eigenvalue weighted by atomic mass is 10.2. The molecule has 0 amide bonds. The van der Waals surface area contributed by atoms with Gasteiger partial charge in [-0.3, -0.25) is 0 Å². The first-order valence-corrected chi connectivity index (χ1v) is 7.49. The predicted octanol–water partition coefficient (Wildman–Crippen LogP) is 3.85. The van der Waals surface area contributed by atoms with Gasteiger partial charge in [0.1, 0.15) is 11.6 Å². The van der Waals surface area contributed by atoms with E-state index in [1.165, 1.54) is 12.8 Å². The Morgan fingerprint density at radius 1 is 1.19 bits per heavy atom. The molecular weight excluding hydrogens is 262 g/mol. The lowest BCUT2D eigenvalue weighted by Crippen LogP contribution is -2.05. The van der Waals surface area contributed by atoms with Crippen molar-refractivity contribution in [2.45, 2.75) is 38.7 Å². The maximum absolute atomic E-state index is 5.75. The van der Waals surface area contributed by atoms with Gasteiger partial charge in [-0.25, -0.2) is 9.97 Å². The number of nitrogens with one attached hydrogen (secondary N) is 1. The largest absolute Gasteiger partial charge is 0.491 e. The fourth-order valence-electron chi connectivity index (χ4n) is 2.29. The molecule has 0 radical (unpaired) electrons. The lowest BCUT2D eigenvalue weighted by molar-refractivity contribution is 0.242. The number of rotatable bonds is 5. The zero-order valence-corrected chi connectivity index (χ0v) is 12.8. The van der Waals surface area contributed by atoms with Crippen LogP contribution in [0.4, 0.5) is 5.82 Å². The third-order valence-electron chi connectivity index (χ3n) is 3.46. The third kappa shape index (κ3) is 3.32. The van der Waals surface area contributed by atoms with Gasteiger partial charge in [-0.1, -0.05) is 12.1 Å². The summed E-state index contributed by atoms with van der Waals surface area (Å²) in [6, 6.07) is 10.0. The summed E-state index contributed by atoms with van der Waals surface area (Å²) in [4.78, 5) is 9.30. The van der Waals surface area contributed by atoms with E-state index in [2.05, 4.69) is 16.4 Å². The van der Waals surface area contributed by atoms with Crippen LogP contribution in [-0.4, -0.2) is 23.1 Å². The number of nitrogens with zero attached hydrogens (tertiary/aromatic N) is 2. The van der Waals surface area contributed by atoms with E-state index >= 15 is 0 Å².